The maximum absolute atomic E-state index is 13.5. The minimum Gasteiger partial charge on any atom is -0.478 e. The molecular weight excluding hydrogens is 271 g/mol. The van der Waals surface area contributed by atoms with Gasteiger partial charge in [-0.15, -0.1) is 0 Å². The molecule has 4 nitrogen and oxygen atoms in total. The van der Waals surface area contributed by atoms with Crippen LogP contribution in [0.1, 0.15) is 21.5 Å². The van der Waals surface area contributed by atoms with Crippen LogP contribution < -0.4 is 5.32 Å². The van der Waals surface area contributed by atoms with Gasteiger partial charge in [0.1, 0.15) is 5.82 Å². The van der Waals surface area contributed by atoms with Crippen molar-refractivity contribution in [3.05, 3.63) is 65.0 Å². The normalized spacial score (nSPS) is 9.90. The van der Waals surface area contributed by atoms with Crippen molar-refractivity contribution in [2.24, 2.45) is 0 Å². The number of hydrogen-bond acceptors (Lipinski definition) is 3. The highest BCUT2D eigenvalue weighted by Crippen LogP contribution is 2.14. The van der Waals surface area contributed by atoms with Gasteiger partial charge in [0.15, 0.2) is 0 Å². The number of anilines is 1. The van der Waals surface area contributed by atoms with Crippen molar-refractivity contribution in [1.29, 1.82) is 5.26 Å². The van der Waals surface area contributed by atoms with E-state index in [-0.39, 0.29) is 5.56 Å². The predicted molar refractivity (Wildman–Crippen MR) is 76.4 cm³/mol. The van der Waals surface area contributed by atoms with Gasteiger partial charge >= 0.3 is 5.97 Å². The highest BCUT2D eigenvalue weighted by atomic mass is 19.1. The van der Waals surface area contributed by atoms with Gasteiger partial charge in [0.05, 0.1) is 18.1 Å². The summed E-state index contributed by atoms with van der Waals surface area (Å²) >= 11 is 0. The molecule has 21 heavy (non-hydrogen) atoms. The predicted octanol–water partition coefficient (Wildman–Crippen LogP) is 3.20. The molecule has 0 heterocycles. The van der Waals surface area contributed by atoms with Crippen LogP contribution in [-0.4, -0.2) is 11.1 Å². The van der Waals surface area contributed by atoms with Crippen molar-refractivity contribution >= 4 is 11.7 Å². The molecule has 106 valence electrons. The Morgan fingerprint density at radius 1 is 1.19 bits per heavy atom. The topological polar surface area (TPSA) is 73.1 Å². The van der Waals surface area contributed by atoms with E-state index in [1.165, 1.54) is 12.1 Å². The van der Waals surface area contributed by atoms with E-state index in [0.717, 1.165) is 11.3 Å². The van der Waals surface area contributed by atoms with E-state index in [4.69, 9.17) is 10.4 Å². The van der Waals surface area contributed by atoms with Crippen LogP contribution in [0.25, 0.3) is 0 Å². The Labute approximate surface area is 121 Å². The lowest BCUT2D eigenvalue weighted by Crippen LogP contribution is -2.04. The van der Waals surface area contributed by atoms with Gasteiger partial charge < -0.3 is 10.4 Å². The number of carbonyl (C=O) groups is 1. The second kappa shape index (κ2) is 6.53. The van der Waals surface area contributed by atoms with Crippen molar-refractivity contribution in [2.45, 2.75) is 13.0 Å². The molecule has 2 aromatic carbocycles. The van der Waals surface area contributed by atoms with Crippen molar-refractivity contribution in [1.82, 2.24) is 0 Å². The zero-order valence-corrected chi connectivity index (χ0v) is 11.1. The monoisotopic (exact) mass is 284 g/mol. The van der Waals surface area contributed by atoms with Crippen LogP contribution >= 0.6 is 0 Å². The first-order chi connectivity index (χ1) is 10.1. The minimum atomic E-state index is -1.28. The number of hydrogen-bond donors (Lipinski definition) is 2. The average molecular weight is 284 g/mol. The first kappa shape index (κ1) is 14.5. The molecule has 0 amide bonds. The number of aromatic carboxylic acids is 1. The van der Waals surface area contributed by atoms with Crippen LogP contribution in [0, 0.1) is 17.1 Å². The maximum atomic E-state index is 13.5. The summed E-state index contributed by atoms with van der Waals surface area (Å²) in [7, 11) is 0. The summed E-state index contributed by atoms with van der Waals surface area (Å²) in [6, 6.07) is 13.5. The van der Waals surface area contributed by atoms with Crippen molar-refractivity contribution in [3.8, 4) is 6.07 Å². The third-order valence-electron chi connectivity index (χ3n) is 3.00. The van der Waals surface area contributed by atoms with Gasteiger partial charge in [-0.25, -0.2) is 9.18 Å². The molecule has 2 rings (SSSR count). The summed E-state index contributed by atoms with van der Waals surface area (Å²) in [5, 5.41) is 20.5. The Morgan fingerprint density at radius 2 is 1.86 bits per heavy atom. The van der Waals surface area contributed by atoms with Crippen LogP contribution in [0.4, 0.5) is 10.1 Å². The molecule has 2 aromatic rings. The van der Waals surface area contributed by atoms with Crippen molar-refractivity contribution in [2.75, 3.05) is 5.32 Å². The van der Waals surface area contributed by atoms with E-state index in [2.05, 4.69) is 11.4 Å². The molecule has 0 spiro atoms. The molecule has 0 radical (unpaired) electrons. The van der Waals surface area contributed by atoms with E-state index >= 15 is 0 Å². The summed E-state index contributed by atoms with van der Waals surface area (Å²) in [6.07, 6.45) is 0.363. The lowest BCUT2D eigenvalue weighted by atomic mass is 10.1. The van der Waals surface area contributed by atoms with Crippen LogP contribution in [0.15, 0.2) is 42.5 Å². The standard InChI is InChI=1S/C16H13FN2O2/c17-15-9-12(3-6-14(15)16(20)21)10-19-13-4-1-11(2-5-13)7-8-18/h1-6,9,19H,7,10H2,(H,20,21). The Balaban J connectivity index is 2.01. The molecular formula is C16H13FN2O2. The van der Waals surface area contributed by atoms with E-state index in [1.54, 1.807) is 6.07 Å². The number of carboxylic acid groups (broad SMARTS) is 1. The van der Waals surface area contributed by atoms with Crippen molar-refractivity contribution < 1.29 is 14.3 Å². The second-order valence-electron chi connectivity index (χ2n) is 4.50. The summed E-state index contributed by atoms with van der Waals surface area (Å²) in [4.78, 5) is 10.7. The molecule has 0 atom stereocenters. The fourth-order valence-electron chi connectivity index (χ4n) is 1.88. The second-order valence-corrected chi connectivity index (χ2v) is 4.50. The molecule has 2 N–H and O–H groups in total. The first-order valence-corrected chi connectivity index (χ1v) is 6.31. The molecule has 0 fully saturated rings. The molecule has 0 aliphatic heterocycles. The molecule has 0 saturated carbocycles. The highest BCUT2D eigenvalue weighted by Gasteiger charge is 2.10. The zero-order valence-electron chi connectivity index (χ0n) is 11.1. The molecule has 5 heteroatoms. The number of halogens is 1. The van der Waals surface area contributed by atoms with Gasteiger partial charge in [0.2, 0.25) is 0 Å². The number of nitrogens with zero attached hydrogens (tertiary/aromatic N) is 1. The number of nitriles is 1. The summed E-state index contributed by atoms with van der Waals surface area (Å²) in [5.41, 5.74) is 2.09. The highest BCUT2D eigenvalue weighted by molar-refractivity contribution is 5.87. The molecule has 0 aliphatic carbocycles. The van der Waals surface area contributed by atoms with E-state index < -0.39 is 11.8 Å². The Bertz CT molecular complexity index is 690. The molecule has 0 aromatic heterocycles. The van der Waals surface area contributed by atoms with Gasteiger partial charge in [-0.2, -0.15) is 5.26 Å². The van der Waals surface area contributed by atoms with Crippen LogP contribution in [0.2, 0.25) is 0 Å². The Morgan fingerprint density at radius 3 is 2.43 bits per heavy atom. The lowest BCUT2D eigenvalue weighted by Gasteiger charge is -2.08. The minimum absolute atomic E-state index is 0.334. The molecule has 0 unspecified atom stereocenters. The largest absolute Gasteiger partial charge is 0.478 e. The molecule has 0 saturated heterocycles. The fraction of sp³-hybridized carbons (Fsp3) is 0.125. The molecule has 0 aliphatic rings. The fourth-order valence-corrected chi connectivity index (χ4v) is 1.88. The third-order valence-corrected chi connectivity index (χ3v) is 3.00. The maximum Gasteiger partial charge on any atom is 0.338 e. The van der Waals surface area contributed by atoms with Gasteiger partial charge in [-0.1, -0.05) is 18.2 Å². The quantitative estimate of drug-likeness (QED) is 0.884. The third kappa shape index (κ3) is 3.80. The van der Waals surface area contributed by atoms with Crippen molar-refractivity contribution in [3.63, 3.8) is 0 Å². The van der Waals surface area contributed by atoms with Crippen LogP contribution in [0.3, 0.4) is 0 Å². The summed E-state index contributed by atoms with van der Waals surface area (Å²) in [5.74, 6) is -2.02. The SMILES string of the molecule is N#CCc1ccc(NCc2ccc(C(=O)O)c(F)c2)cc1. The summed E-state index contributed by atoms with van der Waals surface area (Å²) in [6.45, 7) is 0.383. The first-order valence-electron chi connectivity index (χ1n) is 6.31. The molecule has 0 bridgehead atoms. The zero-order chi connectivity index (χ0) is 15.2. The van der Waals surface area contributed by atoms with Gasteiger partial charge in [0.25, 0.3) is 0 Å². The van der Waals surface area contributed by atoms with Crippen LogP contribution in [-0.2, 0) is 13.0 Å². The van der Waals surface area contributed by atoms with E-state index in [9.17, 15) is 9.18 Å². The average Bonchev–Trinajstić information content (AvgIpc) is 2.46. The number of rotatable bonds is 5. The van der Waals surface area contributed by atoms with E-state index in [0.29, 0.717) is 18.5 Å². The van der Waals surface area contributed by atoms with E-state index in [1.807, 2.05) is 24.3 Å². The Hall–Kier alpha value is -2.87. The summed E-state index contributed by atoms with van der Waals surface area (Å²) < 4.78 is 13.5. The number of nitrogens with one attached hydrogen (secondary N) is 1. The number of benzene rings is 2. The van der Waals surface area contributed by atoms with Crippen LogP contribution in [0.5, 0.6) is 0 Å². The van der Waals surface area contributed by atoms with Gasteiger partial charge in [-0.3, -0.25) is 0 Å². The number of carboxylic acids is 1. The smallest absolute Gasteiger partial charge is 0.338 e. The van der Waals surface area contributed by atoms with Gasteiger partial charge in [0, 0.05) is 12.2 Å². The lowest BCUT2D eigenvalue weighted by molar-refractivity contribution is 0.0692. The van der Waals surface area contributed by atoms with Gasteiger partial charge in [-0.05, 0) is 35.4 Å². The Kier molecular flexibility index (Phi) is 4.52.